The molecule has 2 heterocycles. The quantitative estimate of drug-likeness (QED) is 0.711. The number of nitrogens with zero attached hydrogens (tertiary/aromatic N) is 2. The highest BCUT2D eigenvalue weighted by atomic mass is 32.2. The van der Waals surface area contributed by atoms with Gasteiger partial charge in [0.05, 0.1) is 17.4 Å². The van der Waals surface area contributed by atoms with E-state index in [0.717, 1.165) is 26.1 Å². The van der Waals surface area contributed by atoms with Crippen molar-refractivity contribution >= 4 is 15.7 Å². The van der Waals surface area contributed by atoms with Crippen molar-refractivity contribution < 1.29 is 13.2 Å². The van der Waals surface area contributed by atoms with Gasteiger partial charge in [-0.25, -0.2) is 8.42 Å². The fourth-order valence-electron chi connectivity index (χ4n) is 2.75. The minimum Gasteiger partial charge on any atom is -0.340 e. The maximum absolute atomic E-state index is 12.2. The van der Waals surface area contributed by atoms with Crippen LogP contribution in [0.1, 0.15) is 12.8 Å². The summed E-state index contributed by atoms with van der Waals surface area (Å²) in [5.74, 6) is -0.0702. The molecular formula is C12H23N3O3S. The van der Waals surface area contributed by atoms with E-state index < -0.39 is 9.84 Å². The Morgan fingerprint density at radius 3 is 2.42 bits per heavy atom. The van der Waals surface area contributed by atoms with Gasteiger partial charge in [0, 0.05) is 26.2 Å². The van der Waals surface area contributed by atoms with Crippen LogP contribution in [0.25, 0.3) is 0 Å². The molecule has 0 aromatic carbocycles. The molecule has 1 atom stereocenters. The molecule has 19 heavy (non-hydrogen) atoms. The Morgan fingerprint density at radius 2 is 1.89 bits per heavy atom. The summed E-state index contributed by atoms with van der Waals surface area (Å²) in [6, 6.07) is 0. The predicted octanol–water partition coefficient (Wildman–Crippen LogP) is -1.09. The smallest absolute Gasteiger partial charge is 0.226 e. The molecule has 2 saturated heterocycles. The average molecular weight is 289 g/mol. The number of sulfone groups is 1. The summed E-state index contributed by atoms with van der Waals surface area (Å²) in [5, 5.41) is 0. The minimum atomic E-state index is -2.97. The maximum atomic E-state index is 12.2. The molecule has 1 unspecified atom stereocenters. The van der Waals surface area contributed by atoms with E-state index in [1.54, 1.807) is 0 Å². The summed E-state index contributed by atoms with van der Waals surface area (Å²) < 4.78 is 22.8. The SMILES string of the molecule is NCCCN1CCN(C(=O)C2CCS(=O)(=O)C2)CC1. The number of nitrogens with two attached hydrogens (primary N) is 1. The van der Waals surface area contributed by atoms with E-state index in [-0.39, 0.29) is 23.3 Å². The molecule has 0 aromatic heterocycles. The highest BCUT2D eigenvalue weighted by Crippen LogP contribution is 2.21. The fourth-order valence-corrected chi connectivity index (χ4v) is 4.49. The summed E-state index contributed by atoms with van der Waals surface area (Å²) in [4.78, 5) is 16.4. The molecule has 0 aromatic rings. The zero-order valence-electron chi connectivity index (χ0n) is 11.3. The topological polar surface area (TPSA) is 83.7 Å². The Kier molecular flexibility index (Phi) is 4.81. The van der Waals surface area contributed by atoms with Gasteiger partial charge in [-0.15, -0.1) is 0 Å². The lowest BCUT2D eigenvalue weighted by Gasteiger charge is -2.35. The van der Waals surface area contributed by atoms with Gasteiger partial charge in [-0.05, 0) is 25.9 Å². The number of rotatable bonds is 4. The maximum Gasteiger partial charge on any atom is 0.226 e. The van der Waals surface area contributed by atoms with Crippen LogP contribution in [-0.2, 0) is 14.6 Å². The van der Waals surface area contributed by atoms with Gasteiger partial charge in [-0.1, -0.05) is 0 Å². The van der Waals surface area contributed by atoms with Crippen molar-refractivity contribution in [3.05, 3.63) is 0 Å². The highest BCUT2D eigenvalue weighted by molar-refractivity contribution is 7.91. The lowest BCUT2D eigenvalue weighted by atomic mass is 10.1. The molecule has 110 valence electrons. The molecule has 7 heteroatoms. The molecule has 1 amide bonds. The molecule has 0 aliphatic carbocycles. The molecule has 0 bridgehead atoms. The van der Waals surface area contributed by atoms with Gasteiger partial charge in [0.2, 0.25) is 5.91 Å². The first kappa shape index (κ1) is 14.7. The Bertz CT molecular complexity index is 416. The molecule has 2 fully saturated rings. The van der Waals surface area contributed by atoms with E-state index in [1.807, 2.05) is 4.90 Å². The molecule has 0 saturated carbocycles. The van der Waals surface area contributed by atoms with Crippen LogP contribution in [0.15, 0.2) is 0 Å². The first-order valence-electron chi connectivity index (χ1n) is 6.93. The molecular weight excluding hydrogens is 266 g/mol. The van der Waals surface area contributed by atoms with E-state index in [4.69, 9.17) is 5.73 Å². The fraction of sp³-hybridized carbons (Fsp3) is 0.917. The summed E-state index contributed by atoms with van der Waals surface area (Å²) in [7, 11) is -2.97. The van der Waals surface area contributed by atoms with Crippen LogP contribution < -0.4 is 5.73 Å². The van der Waals surface area contributed by atoms with Crippen LogP contribution in [0.5, 0.6) is 0 Å². The first-order chi connectivity index (χ1) is 9.02. The van der Waals surface area contributed by atoms with Crippen LogP contribution >= 0.6 is 0 Å². The monoisotopic (exact) mass is 289 g/mol. The average Bonchev–Trinajstić information content (AvgIpc) is 2.76. The Labute approximate surface area is 114 Å². The van der Waals surface area contributed by atoms with Crippen LogP contribution in [0.3, 0.4) is 0 Å². The van der Waals surface area contributed by atoms with Crippen molar-refractivity contribution in [3.8, 4) is 0 Å². The minimum absolute atomic E-state index is 0.0274. The van der Waals surface area contributed by atoms with E-state index in [2.05, 4.69) is 4.90 Å². The second-order valence-electron chi connectivity index (χ2n) is 5.41. The van der Waals surface area contributed by atoms with Gasteiger partial charge >= 0.3 is 0 Å². The number of hydrogen-bond donors (Lipinski definition) is 1. The van der Waals surface area contributed by atoms with Gasteiger partial charge in [-0.3, -0.25) is 9.69 Å². The summed E-state index contributed by atoms with van der Waals surface area (Å²) >= 11 is 0. The number of carbonyl (C=O) groups is 1. The molecule has 6 nitrogen and oxygen atoms in total. The standard InChI is InChI=1S/C12H23N3O3S/c13-3-1-4-14-5-7-15(8-6-14)12(16)11-2-9-19(17,18)10-11/h11H,1-10,13H2. The molecule has 2 aliphatic rings. The number of carbonyl (C=O) groups excluding carboxylic acids is 1. The molecule has 2 aliphatic heterocycles. The molecule has 0 spiro atoms. The van der Waals surface area contributed by atoms with Crippen molar-refractivity contribution in [1.29, 1.82) is 0 Å². The van der Waals surface area contributed by atoms with Crippen molar-refractivity contribution in [3.63, 3.8) is 0 Å². The van der Waals surface area contributed by atoms with E-state index in [1.165, 1.54) is 0 Å². The third-order valence-electron chi connectivity index (χ3n) is 3.94. The number of piperazine rings is 1. The lowest BCUT2D eigenvalue weighted by molar-refractivity contribution is -0.136. The summed E-state index contributed by atoms with van der Waals surface area (Å²) in [6.07, 6.45) is 1.48. The Balaban J connectivity index is 1.80. The third-order valence-corrected chi connectivity index (χ3v) is 5.71. The van der Waals surface area contributed by atoms with Crippen LogP contribution in [0.2, 0.25) is 0 Å². The Hall–Kier alpha value is -0.660. The van der Waals surface area contributed by atoms with Crippen molar-refractivity contribution in [1.82, 2.24) is 9.80 Å². The van der Waals surface area contributed by atoms with E-state index in [9.17, 15) is 13.2 Å². The van der Waals surface area contributed by atoms with Gasteiger partial charge in [0.1, 0.15) is 0 Å². The van der Waals surface area contributed by atoms with Gasteiger partial charge in [-0.2, -0.15) is 0 Å². The van der Waals surface area contributed by atoms with Crippen LogP contribution in [0.4, 0.5) is 0 Å². The first-order valence-corrected chi connectivity index (χ1v) is 8.75. The van der Waals surface area contributed by atoms with Crippen molar-refractivity contribution in [2.24, 2.45) is 11.7 Å². The number of amides is 1. The van der Waals surface area contributed by atoms with Crippen LogP contribution in [-0.4, -0.2) is 74.9 Å². The molecule has 2 N–H and O–H groups in total. The lowest BCUT2D eigenvalue weighted by Crippen LogP contribution is -2.50. The van der Waals surface area contributed by atoms with Gasteiger partial charge in [0.15, 0.2) is 9.84 Å². The second kappa shape index (κ2) is 6.19. The normalized spacial score (nSPS) is 27.6. The van der Waals surface area contributed by atoms with Gasteiger partial charge < -0.3 is 10.6 Å². The summed E-state index contributed by atoms with van der Waals surface area (Å²) in [5.41, 5.74) is 5.48. The summed E-state index contributed by atoms with van der Waals surface area (Å²) in [6.45, 7) is 4.83. The second-order valence-corrected chi connectivity index (χ2v) is 7.64. The predicted molar refractivity (Wildman–Crippen MR) is 73.5 cm³/mol. The van der Waals surface area contributed by atoms with E-state index in [0.29, 0.717) is 26.1 Å². The van der Waals surface area contributed by atoms with Crippen molar-refractivity contribution in [2.75, 3.05) is 50.8 Å². The largest absolute Gasteiger partial charge is 0.340 e. The zero-order valence-corrected chi connectivity index (χ0v) is 12.1. The molecule has 2 rings (SSSR count). The third kappa shape index (κ3) is 3.90. The van der Waals surface area contributed by atoms with Gasteiger partial charge in [0.25, 0.3) is 0 Å². The molecule has 0 radical (unpaired) electrons. The number of hydrogen-bond acceptors (Lipinski definition) is 5. The zero-order chi connectivity index (χ0) is 13.9. The van der Waals surface area contributed by atoms with Crippen LogP contribution in [0, 0.1) is 5.92 Å². The highest BCUT2D eigenvalue weighted by Gasteiger charge is 2.36. The van der Waals surface area contributed by atoms with Crippen molar-refractivity contribution in [2.45, 2.75) is 12.8 Å². The Morgan fingerprint density at radius 1 is 1.21 bits per heavy atom. The van der Waals surface area contributed by atoms with E-state index >= 15 is 0 Å².